The van der Waals surface area contributed by atoms with Crippen molar-refractivity contribution < 1.29 is 0 Å². The van der Waals surface area contributed by atoms with Gasteiger partial charge in [0.1, 0.15) is 5.01 Å². The summed E-state index contributed by atoms with van der Waals surface area (Å²) in [5.74, 6) is 0. The van der Waals surface area contributed by atoms with Gasteiger partial charge in [-0.1, -0.05) is 0 Å². The van der Waals surface area contributed by atoms with Crippen molar-refractivity contribution in [3.8, 4) is 0 Å². The van der Waals surface area contributed by atoms with Gasteiger partial charge in [0.25, 0.3) is 0 Å². The fraction of sp³-hybridized carbons (Fsp3) is 0.227. The molecule has 0 saturated carbocycles. The Bertz CT molecular complexity index is 1170. The van der Waals surface area contributed by atoms with Crippen LogP contribution in [0.1, 0.15) is 5.01 Å². The van der Waals surface area contributed by atoms with Crippen LogP contribution in [0.5, 0.6) is 0 Å². The van der Waals surface area contributed by atoms with Crippen molar-refractivity contribution in [1.29, 1.82) is 0 Å². The molecule has 0 N–H and O–H groups in total. The normalized spacial score (nSPS) is 14.5. The van der Waals surface area contributed by atoms with Gasteiger partial charge in [-0.05, 0) is 30.3 Å². The van der Waals surface area contributed by atoms with Gasteiger partial charge in [-0.25, -0.2) is 4.98 Å². The van der Waals surface area contributed by atoms with E-state index in [0.29, 0.717) is 6.54 Å². The predicted octanol–water partition coefficient (Wildman–Crippen LogP) is 3.23. The number of piperazine rings is 1. The standard InChI is InChI=1S/C22H21N5OS/c28-21-5-9-27(16-22-24-8-14-29-22)20-15-18(1-2-19(20)21)26-12-10-25(11-13-26)17-3-6-23-7-4-17/h1-9,14-15H,10-13,16H2. The lowest BCUT2D eigenvalue weighted by Gasteiger charge is -2.37. The Kier molecular flexibility index (Phi) is 4.73. The van der Waals surface area contributed by atoms with E-state index >= 15 is 0 Å². The van der Waals surface area contributed by atoms with Gasteiger partial charge >= 0.3 is 0 Å². The van der Waals surface area contributed by atoms with Crippen LogP contribution in [0.3, 0.4) is 0 Å². The van der Waals surface area contributed by atoms with E-state index in [2.05, 4.69) is 48.6 Å². The zero-order valence-corrected chi connectivity index (χ0v) is 16.8. The van der Waals surface area contributed by atoms with Gasteiger partial charge in [0.05, 0.1) is 12.1 Å². The summed E-state index contributed by atoms with van der Waals surface area (Å²) in [6.07, 6.45) is 7.37. The predicted molar refractivity (Wildman–Crippen MR) is 118 cm³/mol. The summed E-state index contributed by atoms with van der Waals surface area (Å²) in [7, 11) is 0. The van der Waals surface area contributed by atoms with Gasteiger partial charge in [0.15, 0.2) is 5.43 Å². The molecule has 1 aromatic carbocycles. The van der Waals surface area contributed by atoms with Gasteiger partial charge in [-0.15, -0.1) is 11.3 Å². The third-order valence-corrected chi connectivity index (χ3v) is 6.19. The second kappa shape index (κ2) is 7.67. The Morgan fingerprint density at radius 2 is 1.66 bits per heavy atom. The molecule has 5 rings (SSSR count). The molecule has 3 aromatic heterocycles. The molecule has 29 heavy (non-hydrogen) atoms. The topological polar surface area (TPSA) is 54.3 Å². The van der Waals surface area contributed by atoms with Gasteiger partial charge in [-0.3, -0.25) is 9.78 Å². The summed E-state index contributed by atoms with van der Waals surface area (Å²) in [4.78, 5) is 25.6. The first-order valence-corrected chi connectivity index (χ1v) is 10.6. The summed E-state index contributed by atoms with van der Waals surface area (Å²) in [6.45, 7) is 4.48. The van der Waals surface area contributed by atoms with Crippen LogP contribution < -0.4 is 15.2 Å². The van der Waals surface area contributed by atoms with E-state index in [1.165, 1.54) is 5.69 Å². The number of hydrogen-bond acceptors (Lipinski definition) is 6. The van der Waals surface area contributed by atoms with Gasteiger partial charge in [0, 0.05) is 79.2 Å². The molecule has 6 nitrogen and oxygen atoms in total. The number of anilines is 2. The summed E-state index contributed by atoms with van der Waals surface area (Å²) < 4.78 is 2.12. The largest absolute Gasteiger partial charge is 0.368 e. The second-order valence-corrected chi connectivity index (χ2v) is 8.09. The van der Waals surface area contributed by atoms with Crippen LogP contribution in [0, 0.1) is 0 Å². The fourth-order valence-corrected chi connectivity index (χ4v) is 4.50. The highest BCUT2D eigenvalue weighted by molar-refractivity contribution is 7.09. The van der Waals surface area contributed by atoms with Crippen molar-refractivity contribution in [1.82, 2.24) is 14.5 Å². The number of hydrogen-bond donors (Lipinski definition) is 0. The molecule has 1 aliphatic heterocycles. The lowest BCUT2D eigenvalue weighted by molar-refractivity contribution is 0.653. The molecular weight excluding hydrogens is 382 g/mol. The maximum atomic E-state index is 12.4. The SMILES string of the molecule is O=c1ccn(Cc2nccs2)c2cc(N3CCN(c4ccncc4)CC3)ccc12. The minimum atomic E-state index is 0.0597. The Labute approximate surface area is 172 Å². The van der Waals surface area contributed by atoms with E-state index in [9.17, 15) is 4.79 Å². The van der Waals surface area contributed by atoms with E-state index in [1.54, 1.807) is 17.4 Å². The number of aromatic nitrogens is 3. The van der Waals surface area contributed by atoms with E-state index in [4.69, 9.17) is 0 Å². The minimum absolute atomic E-state index is 0.0597. The zero-order chi connectivity index (χ0) is 19.6. The number of fused-ring (bicyclic) bond motifs is 1. The van der Waals surface area contributed by atoms with Crippen molar-refractivity contribution in [2.75, 3.05) is 36.0 Å². The van der Waals surface area contributed by atoms with E-state index in [-0.39, 0.29) is 5.43 Å². The van der Waals surface area contributed by atoms with Gasteiger partial charge in [0.2, 0.25) is 0 Å². The number of rotatable bonds is 4. The summed E-state index contributed by atoms with van der Waals surface area (Å²) in [6, 6.07) is 11.9. The number of pyridine rings is 2. The monoisotopic (exact) mass is 403 g/mol. The third-order valence-electron chi connectivity index (χ3n) is 5.42. The van der Waals surface area contributed by atoms with Gasteiger partial charge < -0.3 is 14.4 Å². The van der Waals surface area contributed by atoms with Crippen molar-refractivity contribution in [2.24, 2.45) is 0 Å². The molecule has 1 fully saturated rings. The van der Waals surface area contributed by atoms with Crippen LogP contribution in [0.4, 0.5) is 11.4 Å². The lowest BCUT2D eigenvalue weighted by Crippen LogP contribution is -2.46. The fourth-order valence-electron chi connectivity index (χ4n) is 3.88. The molecule has 0 bridgehead atoms. The van der Waals surface area contributed by atoms with E-state index in [1.807, 2.05) is 36.2 Å². The third kappa shape index (κ3) is 3.61. The second-order valence-electron chi connectivity index (χ2n) is 7.11. The molecule has 4 aromatic rings. The Balaban J connectivity index is 1.42. The van der Waals surface area contributed by atoms with Crippen LogP contribution in [-0.4, -0.2) is 40.7 Å². The average Bonchev–Trinajstić information content (AvgIpc) is 3.29. The van der Waals surface area contributed by atoms with Crippen LogP contribution in [0.2, 0.25) is 0 Å². The van der Waals surface area contributed by atoms with Gasteiger partial charge in [-0.2, -0.15) is 0 Å². The molecule has 4 heterocycles. The van der Waals surface area contributed by atoms with Crippen molar-refractivity contribution in [2.45, 2.75) is 6.54 Å². The first-order valence-electron chi connectivity index (χ1n) is 9.69. The number of nitrogens with zero attached hydrogens (tertiary/aromatic N) is 5. The zero-order valence-electron chi connectivity index (χ0n) is 15.9. The van der Waals surface area contributed by atoms with Crippen LogP contribution in [-0.2, 0) is 6.54 Å². The quantitative estimate of drug-likeness (QED) is 0.524. The average molecular weight is 404 g/mol. The molecule has 0 radical (unpaired) electrons. The highest BCUT2D eigenvalue weighted by atomic mass is 32.1. The van der Waals surface area contributed by atoms with Crippen LogP contribution >= 0.6 is 11.3 Å². The first-order chi connectivity index (χ1) is 14.3. The molecule has 0 atom stereocenters. The molecule has 1 aliphatic rings. The molecule has 7 heteroatoms. The first kappa shape index (κ1) is 17.9. The summed E-state index contributed by atoms with van der Waals surface area (Å²) in [5.41, 5.74) is 3.40. The van der Waals surface area contributed by atoms with E-state index < -0.39 is 0 Å². The molecule has 0 unspecified atom stereocenters. The smallest absolute Gasteiger partial charge is 0.189 e. The summed E-state index contributed by atoms with van der Waals surface area (Å²) in [5, 5.41) is 3.77. The molecule has 0 spiro atoms. The Hall–Kier alpha value is -3.19. The molecule has 0 aliphatic carbocycles. The van der Waals surface area contributed by atoms with E-state index in [0.717, 1.165) is 47.8 Å². The Morgan fingerprint density at radius 1 is 0.897 bits per heavy atom. The number of benzene rings is 1. The Morgan fingerprint density at radius 3 is 2.38 bits per heavy atom. The maximum Gasteiger partial charge on any atom is 0.189 e. The highest BCUT2D eigenvalue weighted by Gasteiger charge is 2.18. The van der Waals surface area contributed by atoms with Crippen molar-refractivity contribution in [3.63, 3.8) is 0 Å². The van der Waals surface area contributed by atoms with Crippen LogP contribution in [0.25, 0.3) is 10.9 Å². The molecular formula is C22H21N5OS. The van der Waals surface area contributed by atoms with Crippen molar-refractivity contribution in [3.05, 3.63) is 81.8 Å². The lowest BCUT2D eigenvalue weighted by atomic mass is 10.1. The molecule has 146 valence electrons. The maximum absolute atomic E-state index is 12.4. The van der Waals surface area contributed by atoms with Crippen molar-refractivity contribution >= 4 is 33.6 Å². The van der Waals surface area contributed by atoms with Crippen LogP contribution in [0.15, 0.2) is 71.4 Å². The number of thiazole rings is 1. The molecule has 0 amide bonds. The minimum Gasteiger partial charge on any atom is -0.368 e. The summed E-state index contributed by atoms with van der Waals surface area (Å²) >= 11 is 1.63. The highest BCUT2D eigenvalue weighted by Crippen LogP contribution is 2.24. The molecule has 1 saturated heterocycles.